The van der Waals surface area contributed by atoms with E-state index < -0.39 is 12.7 Å². The van der Waals surface area contributed by atoms with Crippen molar-refractivity contribution in [2.45, 2.75) is 19.7 Å². The third-order valence-electron chi connectivity index (χ3n) is 2.30. The second-order valence-electron chi connectivity index (χ2n) is 3.56. The van der Waals surface area contributed by atoms with Crippen LogP contribution in [0.15, 0.2) is 22.7 Å². The number of benzene rings is 1. The molecule has 0 unspecified atom stereocenters. The Morgan fingerprint density at radius 2 is 2.00 bits per heavy atom. The van der Waals surface area contributed by atoms with Crippen LogP contribution in [0.2, 0.25) is 0 Å². The van der Waals surface area contributed by atoms with E-state index in [-0.39, 0.29) is 13.2 Å². The Hall–Kier alpha value is -0.750. The third kappa shape index (κ3) is 4.20. The van der Waals surface area contributed by atoms with Crippen LogP contribution in [0, 0.1) is 0 Å². The molecule has 1 rings (SSSR count). The summed E-state index contributed by atoms with van der Waals surface area (Å²) in [4.78, 5) is 1.19. The molecule has 0 amide bonds. The number of hydrogen-bond donors (Lipinski definition) is 1. The minimum Gasteiger partial charge on any atom is -0.392 e. The maximum absolute atomic E-state index is 12.4. The van der Waals surface area contributed by atoms with Crippen molar-refractivity contribution < 1.29 is 18.3 Å². The molecule has 96 valence electrons. The normalized spacial score (nSPS) is 11.6. The molecular weight excluding hydrogens is 299 g/mol. The molecule has 2 nitrogen and oxygen atoms in total. The maximum atomic E-state index is 12.4. The number of alkyl halides is 3. The monoisotopic (exact) mass is 311 g/mol. The van der Waals surface area contributed by atoms with Crippen LogP contribution in [-0.2, 0) is 6.61 Å². The standard InChI is InChI=1S/C11H13BrF3NO/c1-2-16(7-11(13,14)15)10-4-3-9(12)5-8(10)6-17/h3-5,17H,2,6-7H2,1H3. The fourth-order valence-corrected chi connectivity index (χ4v) is 1.98. The Labute approximate surface area is 106 Å². The number of hydrogen-bond acceptors (Lipinski definition) is 2. The Bertz CT molecular complexity index is 381. The lowest BCUT2D eigenvalue weighted by Gasteiger charge is -2.26. The van der Waals surface area contributed by atoms with E-state index in [2.05, 4.69) is 15.9 Å². The van der Waals surface area contributed by atoms with Gasteiger partial charge in [0.15, 0.2) is 0 Å². The molecule has 0 heterocycles. The highest BCUT2D eigenvalue weighted by Gasteiger charge is 2.30. The van der Waals surface area contributed by atoms with E-state index in [1.807, 2.05) is 0 Å². The average Bonchev–Trinajstić information content (AvgIpc) is 2.24. The summed E-state index contributed by atoms with van der Waals surface area (Å²) in [6, 6.07) is 4.85. The molecule has 0 aliphatic heterocycles. The molecular formula is C11H13BrF3NO. The number of nitrogens with zero attached hydrogens (tertiary/aromatic N) is 1. The lowest BCUT2D eigenvalue weighted by molar-refractivity contribution is -0.119. The summed E-state index contributed by atoms with van der Waals surface area (Å²) in [5.74, 6) is 0. The summed E-state index contributed by atoms with van der Waals surface area (Å²) in [7, 11) is 0. The Morgan fingerprint density at radius 1 is 1.35 bits per heavy atom. The molecule has 0 bridgehead atoms. The van der Waals surface area contributed by atoms with Gasteiger partial charge in [0.2, 0.25) is 0 Å². The zero-order chi connectivity index (χ0) is 13.1. The van der Waals surface area contributed by atoms with Crippen LogP contribution in [0.1, 0.15) is 12.5 Å². The summed E-state index contributed by atoms with van der Waals surface area (Å²) < 4.78 is 37.9. The molecule has 0 saturated heterocycles. The second-order valence-corrected chi connectivity index (χ2v) is 4.48. The molecule has 0 aliphatic rings. The zero-order valence-corrected chi connectivity index (χ0v) is 10.8. The maximum Gasteiger partial charge on any atom is 0.405 e. The van der Waals surface area contributed by atoms with Crippen LogP contribution in [0.3, 0.4) is 0 Å². The van der Waals surface area contributed by atoms with Crippen LogP contribution < -0.4 is 4.90 Å². The Kier molecular flexibility index (Phi) is 4.82. The zero-order valence-electron chi connectivity index (χ0n) is 9.26. The summed E-state index contributed by atoms with van der Waals surface area (Å²) in [5, 5.41) is 9.16. The first-order chi connectivity index (χ1) is 7.87. The molecule has 0 saturated carbocycles. The van der Waals surface area contributed by atoms with E-state index in [1.54, 1.807) is 25.1 Å². The van der Waals surface area contributed by atoms with Crippen LogP contribution in [-0.4, -0.2) is 24.4 Å². The van der Waals surface area contributed by atoms with Gasteiger partial charge in [-0.1, -0.05) is 15.9 Å². The first-order valence-corrected chi connectivity index (χ1v) is 5.87. The molecule has 0 aliphatic carbocycles. The molecule has 1 N–H and O–H groups in total. The number of aliphatic hydroxyl groups is 1. The van der Waals surface area contributed by atoms with E-state index in [0.29, 0.717) is 11.3 Å². The van der Waals surface area contributed by atoms with Crippen molar-refractivity contribution in [1.82, 2.24) is 0 Å². The first-order valence-electron chi connectivity index (χ1n) is 5.08. The van der Waals surface area contributed by atoms with Gasteiger partial charge in [-0.15, -0.1) is 0 Å². The minimum absolute atomic E-state index is 0.230. The number of aliphatic hydroxyl groups excluding tert-OH is 1. The summed E-state index contributed by atoms with van der Waals surface area (Å²) in [6.07, 6.45) is -4.25. The highest BCUT2D eigenvalue weighted by molar-refractivity contribution is 9.10. The van der Waals surface area contributed by atoms with Crippen LogP contribution in [0.5, 0.6) is 0 Å². The smallest absolute Gasteiger partial charge is 0.392 e. The minimum atomic E-state index is -4.25. The third-order valence-corrected chi connectivity index (χ3v) is 2.80. The van der Waals surface area contributed by atoms with Crippen molar-refractivity contribution >= 4 is 21.6 Å². The van der Waals surface area contributed by atoms with E-state index >= 15 is 0 Å². The molecule has 0 aromatic heterocycles. The van der Waals surface area contributed by atoms with Gasteiger partial charge in [0.05, 0.1) is 6.61 Å². The van der Waals surface area contributed by atoms with Crippen molar-refractivity contribution in [2.24, 2.45) is 0 Å². The van der Waals surface area contributed by atoms with Crippen molar-refractivity contribution in [3.63, 3.8) is 0 Å². The topological polar surface area (TPSA) is 23.5 Å². The highest BCUT2D eigenvalue weighted by atomic mass is 79.9. The number of halogens is 4. The number of rotatable bonds is 4. The molecule has 0 spiro atoms. The summed E-state index contributed by atoms with van der Waals surface area (Å²) in [6.45, 7) is 0.574. The summed E-state index contributed by atoms with van der Waals surface area (Å²) >= 11 is 3.22. The predicted octanol–water partition coefficient (Wildman–Crippen LogP) is 3.33. The van der Waals surface area contributed by atoms with Crippen LogP contribution in [0.25, 0.3) is 0 Å². The van der Waals surface area contributed by atoms with E-state index in [0.717, 1.165) is 4.47 Å². The quantitative estimate of drug-likeness (QED) is 0.922. The van der Waals surface area contributed by atoms with Gasteiger partial charge in [-0.3, -0.25) is 0 Å². The van der Waals surface area contributed by atoms with Gasteiger partial charge in [-0.25, -0.2) is 0 Å². The van der Waals surface area contributed by atoms with Crippen LogP contribution >= 0.6 is 15.9 Å². The molecule has 1 aromatic rings. The second kappa shape index (κ2) is 5.73. The first kappa shape index (κ1) is 14.3. The van der Waals surface area contributed by atoms with Gasteiger partial charge in [0.25, 0.3) is 0 Å². The molecule has 0 radical (unpaired) electrons. The fraction of sp³-hybridized carbons (Fsp3) is 0.455. The number of anilines is 1. The SMILES string of the molecule is CCN(CC(F)(F)F)c1ccc(Br)cc1CO. The van der Waals surface area contributed by atoms with Crippen molar-refractivity contribution in [2.75, 3.05) is 18.0 Å². The highest BCUT2D eigenvalue weighted by Crippen LogP contribution is 2.27. The van der Waals surface area contributed by atoms with Crippen molar-refractivity contribution in [3.05, 3.63) is 28.2 Å². The van der Waals surface area contributed by atoms with Gasteiger partial charge < -0.3 is 10.0 Å². The lowest BCUT2D eigenvalue weighted by atomic mass is 10.1. The van der Waals surface area contributed by atoms with Crippen LogP contribution in [0.4, 0.5) is 18.9 Å². The molecule has 6 heteroatoms. The average molecular weight is 312 g/mol. The van der Waals surface area contributed by atoms with Crippen molar-refractivity contribution in [3.8, 4) is 0 Å². The molecule has 0 atom stereocenters. The van der Waals surface area contributed by atoms with E-state index in [4.69, 9.17) is 5.11 Å². The fourth-order valence-electron chi connectivity index (χ4n) is 1.57. The van der Waals surface area contributed by atoms with Gasteiger partial charge in [-0.2, -0.15) is 13.2 Å². The molecule has 1 aromatic carbocycles. The largest absolute Gasteiger partial charge is 0.405 e. The van der Waals surface area contributed by atoms with Gasteiger partial charge >= 0.3 is 6.18 Å². The van der Waals surface area contributed by atoms with Gasteiger partial charge in [0, 0.05) is 22.3 Å². The van der Waals surface area contributed by atoms with Gasteiger partial charge in [-0.05, 0) is 25.1 Å². The Balaban J connectivity index is 3.03. The molecule has 0 fully saturated rings. The Morgan fingerprint density at radius 3 is 2.47 bits per heavy atom. The predicted molar refractivity (Wildman–Crippen MR) is 64.0 cm³/mol. The van der Waals surface area contributed by atoms with Crippen molar-refractivity contribution in [1.29, 1.82) is 0 Å². The van der Waals surface area contributed by atoms with E-state index in [1.165, 1.54) is 4.90 Å². The van der Waals surface area contributed by atoms with Gasteiger partial charge in [0.1, 0.15) is 6.54 Å². The van der Waals surface area contributed by atoms with E-state index in [9.17, 15) is 13.2 Å². The lowest BCUT2D eigenvalue weighted by Crippen LogP contribution is -2.34. The molecule has 17 heavy (non-hydrogen) atoms. The summed E-state index contributed by atoms with van der Waals surface area (Å²) in [5.41, 5.74) is 0.890.